The summed E-state index contributed by atoms with van der Waals surface area (Å²) in [6, 6.07) is 13.6. The molecule has 2 atom stereocenters. The van der Waals surface area contributed by atoms with Gasteiger partial charge in [0.1, 0.15) is 6.04 Å². The maximum Gasteiger partial charge on any atom is 0.329 e. The van der Waals surface area contributed by atoms with Crippen LogP contribution in [0, 0.1) is 19.3 Å². The number of rotatable bonds is 6. The van der Waals surface area contributed by atoms with E-state index in [0.717, 1.165) is 11.1 Å². The molecule has 0 bridgehead atoms. The molecule has 30 heavy (non-hydrogen) atoms. The third kappa shape index (κ3) is 6.17. The Balaban J connectivity index is 2.21. The molecule has 0 aliphatic rings. The summed E-state index contributed by atoms with van der Waals surface area (Å²) in [7, 11) is 0. The average molecular weight is 411 g/mol. The number of esters is 1. The van der Waals surface area contributed by atoms with Gasteiger partial charge in [-0.25, -0.2) is 4.79 Å². The summed E-state index contributed by atoms with van der Waals surface area (Å²) in [5.41, 5.74) is 2.46. The van der Waals surface area contributed by atoms with Gasteiger partial charge in [-0.2, -0.15) is 0 Å². The van der Waals surface area contributed by atoms with E-state index in [1.54, 1.807) is 45.0 Å². The number of hydrogen-bond acceptors (Lipinski definition) is 4. The van der Waals surface area contributed by atoms with Gasteiger partial charge in [-0.1, -0.05) is 63.2 Å². The van der Waals surface area contributed by atoms with Crippen LogP contribution < -0.4 is 10.6 Å². The lowest BCUT2D eigenvalue weighted by atomic mass is 9.95. The zero-order chi connectivity index (χ0) is 22.5. The second-order valence-corrected chi connectivity index (χ2v) is 8.48. The van der Waals surface area contributed by atoms with E-state index in [1.165, 1.54) is 6.92 Å². The standard InChI is InChI=1S/C24H30N2O4/c1-15-12-13-16(2)19(14-15)26-21(27)20(18-10-8-7-9-11-18)30-22(28)17(3)25-23(29)24(4,5)6/h7-14,17,20H,1-6H3,(H,25,29)(H,26,27). The second kappa shape index (κ2) is 9.57. The summed E-state index contributed by atoms with van der Waals surface area (Å²) in [6.07, 6.45) is -1.15. The Morgan fingerprint density at radius 2 is 1.60 bits per heavy atom. The quantitative estimate of drug-likeness (QED) is 0.703. The predicted molar refractivity (Wildman–Crippen MR) is 117 cm³/mol. The van der Waals surface area contributed by atoms with Crippen molar-refractivity contribution in [2.75, 3.05) is 5.32 Å². The number of nitrogens with one attached hydrogen (secondary N) is 2. The summed E-state index contributed by atoms with van der Waals surface area (Å²) in [5, 5.41) is 5.49. The van der Waals surface area contributed by atoms with Gasteiger partial charge in [0, 0.05) is 16.7 Å². The van der Waals surface area contributed by atoms with Crippen LogP contribution in [-0.4, -0.2) is 23.8 Å². The molecule has 0 radical (unpaired) electrons. The van der Waals surface area contributed by atoms with Crippen molar-refractivity contribution in [1.29, 1.82) is 0 Å². The first kappa shape index (κ1) is 23.1. The van der Waals surface area contributed by atoms with Crippen molar-refractivity contribution >= 4 is 23.5 Å². The summed E-state index contributed by atoms with van der Waals surface area (Å²) < 4.78 is 5.55. The number of anilines is 1. The lowest BCUT2D eigenvalue weighted by Crippen LogP contribution is -2.45. The monoisotopic (exact) mass is 410 g/mol. The zero-order valence-corrected chi connectivity index (χ0v) is 18.4. The van der Waals surface area contributed by atoms with Crippen LogP contribution in [0.4, 0.5) is 5.69 Å². The highest BCUT2D eigenvalue weighted by atomic mass is 16.5. The fraction of sp³-hybridized carbons (Fsp3) is 0.375. The normalized spacial score (nSPS) is 13.1. The van der Waals surface area contributed by atoms with E-state index in [4.69, 9.17) is 4.74 Å². The van der Waals surface area contributed by atoms with Gasteiger partial charge in [0.2, 0.25) is 12.0 Å². The molecule has 2 aromatic carbocycles. The van der Waals surface area contributed by atoms with E-state index in [1.807, 2.05) is 38.1 Å². The first-order chi connectivity index (χ1) is 14.0. The first-order valence-corrected chi connectivity index (χ1v) is 9.93. The number of amides is 2. The lowest BCUT2D eigenvalue weighted by molar-refractivity contribution is -0.157. The van der Waals surface area contributed by atoms with Crippen LogP contribution in [0.3, 0.4) is 0 Å². The lowest BCUT2D eigenvalue weighted by Gasteiger charge is -2.23. The maximum absolute atomic E-state index is 13.0. The first-order valence-electron chi connectivity index (χ1n) is 9.93. The molecule has 2 amide bonds. The van der Waals surface area contributed by atoms with E-state index in [0.29, 0.717) is 11.3 Å². The molecule has 0 saturated heterocycles. The number of hydrogen-bond donors (Lipinski definition) is 2. The summed E-state index contributed by atoms with van der Waals surface area (Å²) in [6.45, 7) is 10.6. The smallest absolute Gasteiger partial charge is 0.329 e. The minimum atomic E-state index is -1.15. The van der Waals surface area contributed by atoms with Crippen LogP contribution in [-0.2, 0) is 19.1 Å². The van der Waals surface area contributed by atoms with E-state index < -0.39 is 29.4 Å². The highest BCUT2D eigenvalue weighted by Gasteiger charge is 2.30. The molecule has 0 spiro atoms. The number of carbonyl (C=O) groups is 3. The molecule has 0 heterocycles. The second-order valence-electron chi connectivity index (χ2n) is 8.48. The van der Waals surface area contributed by atoms with E-state index in [-0.39, 0.29) is 5.91 Å². The molecule has 160 valence electrons. The Labute approximate surface area is 178 Å². The molecule has 0 saturated carbocycles. The molecule has 2 unspecified atom stereocenters. The maximum atomic E-state index is 13.0. The van der Waals surface area contributed by atoms with E-state index in [9.17, 15) is 14.4 Å². The fourth-order valence-corrected chi connectivity index (χ4v) is 2.66. The van der Waals surface area contributed by atoms with Crippen LogP contribution in [0.5, 0.6) is 0 Å². The van der Waals surface area contributed by atoms with Crippen molar-refractivity contribution in [2.45, 2.75) is 53.7 Å². The SMILES string of the molecule is Cc1ccc(C)c(NC(=O)C(OC(=O)C(C)NC(=O)C(C)(C)C)c2ccccc2)c1. The molecule has 0 aliphatic carbocycles. The zero-order valence-electron chi connectivity index (χ0n) is 18.4. The Bertz CT molecular complexity index is 917. The molecule has 6 heteroatoms. The highest BCUT2D eigenvalue weighted by molar-refractivity contribution is 5.97. The molecular weight excluding hydrogens is 380 g/mol. The molecule has 0 aliphatic heterocycles. The Morgan fingerprint density at radius 3 is 2.20 bits per heavy atom. The summed E-state index contributed by atoms with van der Waals surface area (Å²) >= 11 is 0. The highest BCUT2D eigenvalue weighted by Crippen LogP contribution is 2.23. The van der Waals surface area contributed by atoms with Crippen molar-refractivity contribution in [3.05, 3.63) is 65.2 Å². The van der Waals surface area contributed by atoms with E-state index >= 15 is 0 Å². The minimum absolute atomic E-state index is 0.275. The summed E-state index contributed by atoms with van der Waals surface area (Å²) in [5.74, 6) is -1.42. The van der Waals surface area contributed by atoms with Crippen molar-refractivity contribution in [3.63, 3.8) is 0 Å². The number of aryl methyl sites for hydroxylation is 2. The van der Waals surface area contributed by atoms with Gasteiger partial charge in [0.05, 0.1) is 0 Å². The molecular formula is C24H30N2O4. The van der Waals surface area contributed by atoms with Crippen molar-refractivity contribution in [2.24, 2.45) is 5.41 Å². The van der Waals surface area contributed by atoms with Crippen LogP contribution in [0.15, 0.2) is 48.5 Å². The van der Waals surface area contributed by atoms with Crippen LogP contribution >= 0.6 is 0 Å². The summed E-state index contributed by atoms with van der Waals surface area (Å²) in [4.78, 5) is 37.9. The van der Waals surface area contributed by atoms with Crippen molar-refractivity contribution in [3.8, 4) is 0 Å². The Kier molecular flexibility index (Phi) is 7.38. The predicted octanol–water partition coefficient (Wildman–Crippen LogP) is 4.08. The topological polar surface area (TPSA) is 84.5 Å². The third-order valence-corrected chi connectivity index (χ3v) is 4.61. The molecule has 2 N–H and O–H groups in total. The molecule has 0 fully saturated rings. The third-order valence-electron chi connectivity index (χ3n) is 4.61. The van der Waals surface area contributed by atoms with Crippen LogP contribution in [0.25, 0.3) is 0 Å². The number of benzene rings is 2. The van der Waals surface area contributed by atoms with Gasteiger partial charge in [0.25, 0.3) is 5.91 Å². The molecule has 2 rings (SSSR count). The number of carbonyl (C=O) groups excluding carboxylic acids is 3. The molecule has 2 aromatic rings. The van der Waals surface area contributed by atoms with Crippen molar-refractivity contribution in [1.82, 2.24) is 5.32 Å². The van der Waals surface area contributed by atoms with Gasteiger partial charge in [-0.3, -0.25) is 9.59 Å². The molecule has 0 aromatic heterocycles. The number of ether oxygens (including phenoxy) is 1. The van der Waals surface area contributed by atoms with Gasteiger partial charge in [-0.05, 0) is 38.0 Å². The Morgan fingerprint density at radius 1 is 0.967 bits per heavy atom. The van der Waals surface area contributed by atoms with Crippen molar-refractivity contribution < 1.29 is 19.1 Å². The van der Waals surface area contributed by atoms with Gasteiger partial charge in [0.15, 0.2) is 0 Å². The van der Waals surface area contributed by atoms with E-state index in [2.05, 4.69) is 10.6 Å². The Hall–Kier alpha value is -3.15. The largest absolute Gasteiger partial charge is 0.446 e. The van der Waals surface area contributed by atoms with Gasteiger partial charge >= 0.3 is 5.97 Å². The average Bonchev–Trinajstić information content (AvgIpc) is 2.68. The van der Waals surface area contributed by atoms with Crippen LogP contribution in [0.2, 0.25) is 0 Å². The fourth-order valence-electron chi connectivity index (χ4n) is 2.66. The minimum Gasteiger partial charge on any atom is -0.446 e. The van der Waals surface area contributed by atoms with Gasteiger partial charge in [-0.15, -0.1) is 0 Å². The molecule has 6 nitrogen and oxygen atoms in total. The van der Waals surface area contributed by atoms with Crippen LogP contribution in [0.1, 0.15) is 50.5 Å². The van der Waals surface area contributed by atoms with Gasteiger partial charge < -0.3 is 15.4 Å².